The highest BCUT2D eigenvalue weighted by Gasteiger charge is 2.55. The molecule has 0 bridgehead atoms. The second-order valence-electron chi connectivity index (χ2n) is 6.02. The van der Waals surface area contributed by atoms with E-state index in [-0.39, 0.29) is 11.8 Å². The third kappa shape index (κ3) is 2.24. The Morgan fingerprint density at radius 3 is 2.25 bits per heavy atom. The molecule has 0 aromatic rings. The summed E-state index contributed by atoms with van der Waals surface area (Å²) in [5, 5.41) is 9.01. The van der Waals surface area contributed by atoms with E-state index in [2.05, 4.69) is 27.7 Å². The third-order valence-electron chi connectivity index (χ3n) is 4.29. The van der Waals surface area contributed by atoms with Gasteiger partial charge in [0.1, 0.15) is 0 Å². The predicted molar refractivity (Wildman–Crippen MR) is 65.0 cm³/mol. The van der Waals surface area contributed by atoms with Crippen LogP contribution in [-0.4, -0.2) is 17.6 Å². The molecule has 0 heterocycles. The predicted octanol–water partition coefficient (Wildman–Crippen LogP) is 2.35. The fourth-order valence-corrected chi connectivity index (χ4v) is 3.66. The van der Waals surface area contributed by atoms with Gasteiger partial charge in [-0.05, 0) is 42.1 Å². The van der Waals surface area contributed by atoms with Crippen LogP contribution < -0.4 is 5.73 Å². The first-order valence-corrected chi connectivity index (χ1v) is 6.26. The molecule has 3 atom stereocenters. The molecule has 0 aromatic heterocycles. The van der Waals surface area contributed by atoms with Crippen LogP contribution in [0.15, 0.2) is 0 Å². The van der Waals surface area contributed by atoms with Crippen LogP contribution in [0.5, 0.6) is 0 Å². The van der Waals surface area contributed by atoms with E-state index in [1.54, 1.807) is 0 Å². The van der Waals surface area contributed by atoms with Crippen LogP contribution in [0.4, 0.5) is 0 Å². The second kappa shape index (κ2) is 4.74. The minimum atomic E-state index is -0.710. The fourth-order valence-electron chi connectivity index (χ4n) is 3.66. The zero-order valence-electron chi connectivity index (χ0n) is 10.9. The van der Waals surface area contributed by atoms with Crippen molar-refractivity contribution in [3.63, 3.8) is 0 Å². The third-order valence-corrected chi connectivity index (χ3v) is 4.29. The molecule has 1 fully saturated rings. The molecule has 0 spiro atoms. The number of rotatable bonds is 5. The highest BCUT2D eigenvalue weighted by Crippen LogP contribution is 2.58. The van der Waals surface area contributed by atoms with Gasteiger partial charge in [0, 0.05) is 0 Å². The molecule has 1 aliphatic rings. The minimum absolute atomic E-state index is 0.144. The van der Waals surface area contributed by atoms with E-state index in [0.717, 1.165) is 6.42 Å². The maximum atomic E-state index is 11.0. The van der Waals surface area contributed by atoms with Crippen molar-refractivity contribution in [2.45, 2.75) is 40.5 Å². The molecule has 0 amide bonds. The first-order chi connectivity index (χ1) is 7.34. The van der Waals surface area contributed by atoms with Crippen LogP contribution in [-0.2, 0) is 4.79 Å². The van der Waals surface area contributed by atoms with Crippen LogP contribution in [0.3, 0.4) is 0 Å². The van der Waals surface area contributed by atoms with E-state index < -0.39 is 5.97 Å². The number of carbonyl (C=O) groups is 1. The molecule has 1 aliphatic carbocycles. The maximum Gasteiger partial charge on any atom is 0.303 e. The van der Waals surface area contributed by atoms with Gasteiger partial charge in [-0.15, -0.1) is 0 Å². The van der Waals surface area contributed by atoms with E-state index in [9.17, 15) is 4.79 Å². The Labute approximate surface area is 98.4 Å². The minimum Gasteiger partial charge on any atom is -0.481 e. The zero-order chi connectivity index (χ0) is 12.5. The van der Waals surface area contributed by atoms with E-state index in [1.165, 1.54) is 0 Å². The lowest BCUT2D eigenvalue weighted by Gasteiger charge is -2.58. The summed E-state index contributed by atoms with van der Waals surface area (Å²) >= 11 is 0. The number of aliphatic carboxylic acids is 1. The molecule has 3 N–H and O–H groups in total. The average molecular weight is 227 g/mol. The van der Waals surface area contributed by atoms with Crippen molar-refractivity contribution in [3.8, 4) is 0 Å². The lowest BCUT2D eigenvalue weighted by Crippen LogP contribution is -2.57. The number of carboxylic acids is 1. The van der Waals surface area contributed by atoms with Gasteiger partial charge in [-0.25, -0.2) is 0 Å². The number of hydrogen-bond donors (Lipinski definition) is 2. The van der Waals surface area contributed by atoms with Crippen LogP contribution in [0, 0.1) is 29.1 Å². The summed E-state index contributed by atoms with van der Waals surface area (Å²) in [7, 11) is 0. The molecular formula is C13H25NO2. The molecular weight excluding hydrogens is 202 g/mol. The largest absolute Gasteiger partial charge is 0.481 e. The molecule has 0 aromatic carbocycles. The molecule has 1 saturated carbocycles. The Morgan fingerprint density at radius 1 is 1.38 bits per heavy atom. The second-order valence-corrected chi connectivity index (χ2v) is 6.02. The molecule has 3 heteroatoms. The molecule has 0 saturated heterocycles. The van der Waals surface area contributed by atoms with Crippen molar-refractivity contribution in [2.24, 2.45) is 34.8 Å². The SMILES string of the molecule is CC(C)[C@H]1CC(CN)(CC(=O)O)[C@@H]1C(C)C. The van der Waals surface area contributed by atoms with E-state index in [0.29, 0.717) is 30.2 Å². The molecule has 16 heavy (non-hydrogen) atoms. The van der Waals surface area contributed by atoms with Crippen LogP contribution >= 0.6 is 0 Å². The van der Waals surface area contributed by atoms with Gasteiger partial charge in [0.15, 0.2) is 0 Å². The Bertz CT molecular complexity index is 263. The van der Waals surface area contributed by atoms with Crippen molar-refractivity contribution in [1.82, 2.24) is 0 Å². The Hall–Kier alpha value is -0.570. The van der Waals surface area contributed by atoms with Gasteiger partial charge in [0.2, 0.25) is 0 Å². The van der Waals surface area contributed by atoms with E-state index in [1.807, 2.05) is 0 Å². The molecule has 0 aliphatic heterocycles. The van der Waals surface area contributed by atoms with Gasteiger partial charge in [-0.2, -0.15) is 0 Å². The van der Waals surface area contributed by atoms with Gasteiger partial charge in [0.05, 0.1) is 6.42 Å². The normalized spacial score (nSPS) is 34.2. The van der Waals surface area contributed by atoms with E-state index in [4.69, 9.17) is 10.8 Å². The first kappa shape index (κ1) is 13.5. The average Bonchev–Trinajstić information content (AvgIpc) is 2.09. The lowest BCUT2D eigenvalue weighted by atomic mass is 9.47. The van der Waals surface area contributed by atoms with Crippen molar-refractivity contribution < 1.29 is 9.90 Å². The van der Waals surface area contributed by atoms with Crippen LogP contribution in [0.1, 0.15) is 40.5 Å². The van der Waals surface area contributed by atoms with Crippen molar-refractivity contribution in [2.75, 3.05) is 6.54 Å². The van der Waals surface area contributed by atoms with Gasteiger partial charge in [0.25, 0.3) is 0 Å². The standard InChI is InChI=1S/C13H25NO2/c1-8(2)10-5-13(7-14,6-11(15)16)12(10)9(3)4/h8-10,12H,5-7,14H2,1-4H3,(H,15,16)/t10-,12-,13?/m1/s1. The highest BCUT2D eigenvalue weighted by molar-refractivity contribution is 5.68. The lowest BCUT2D eigenvalue weighted by molar-refractivity contribution is -0.151. The molecule has 94 valence electrons. The van der Waals surface area contributed by atoms with Gasteiger partial charge < -0.3 is 10.8 Å². The summed E-state index contributed by atoms with van der Waals surface area (Å²) < 4.78 is 0. The van der Waals surface area contributed by atoms with Gasteiger partial charge in [-0.3, -0.25) is 4.79 Å². The summed E-state index contributed by atoms with van der Waals surface area (Å²) in [6.07, 6.45) is 1.21. The summed E-state index contributed by atoms with van der Waals surface area (Å²) in [4.78, 5) is 11.0. The quantitative estimate of drug-likeness (QED) is 0.758. The van der Waals surface area contributed by atoms with Gasteiger partial charge >= 0.3 is 5.97 Å². The summed E-state index contributed by atoms with van der Waals surface area (Å²) in [5.41, 5.74) is 5.70. The van der Waals surface area contributed by atoms with Crippen molar-refractivity contribution in [3.05, 3.63) is 0 Å². The molecule has 1 rings (SSSR count). The number of carboxylic acid groups (broad SMARTS) is 1. The van der Waals surface area contributed by atoms with E-state index >= 15 is 0 Å². The summed E-state index contributed by atoms with van der Waals surface area (Å²) in [6, 6.07) is 0. The number of hydrogen-bond acceptors (Lipinski definition) is 2. The molecule has 3 nitrogen and oxygen atoms in total. The fraction of sp³-hybridized carbons (Fsp3) is 0.923. The summed E-state index contributed by atoms with van der Waals surface area (Å²) in [5.74, 6) is 1.54. The number of nitrogens with two attached hydrogens (primary N) is 1. The van der Waals surface area contributed by atoms with Gasteiger partial charge in [-0.1, -0.05) is 27.7 Å². The topological polar surface area (TPSA) is 63.3 Å². The van der Waals surface area contributed by atoms with Crippen LogP contribution in [0.25, 0.3) is 0 Å². The molecule has 1 unspecified atom stereocenters. The molecule has 0 radical (unpaired) electrons. The smallest absolute Gasteiger partial charge is 0.303 e. The Kier molecular flexibility index (Phi) is 4.00. The van der Waals surface area contributed by atoms with Crippen molar-refractivity contribution >= 4 is 5.97 Å². The zero-order valence-corrected chi connectivity index (χ0v) is 10.9. The first-order valence-electron chi connectivity index (χ1n) is 6.26. The Morgan fingerprint density at radius 2 is 1.94 bits per heavy atom. The maximum absolute atomic E-state index is 11.0. The summed E-state index contributed by atoms with van der Waals surface area (Å²) in [6.45, 7) is 9.32. The van der Waals surface area contributed by atoms with Crippen LogP contribution in [0.2, 0.25) is 0 Å². The Balaban J connectivity index is 2.84. The highest BCUT2D eigenvalue weighted by atomic mass is 16.4. The monoisotopic (exact) mass is 227 g/mol. The van der Waals surface area contributed by atoms with Crippen molar-refractivity contribution in [1.29, 1.82) is 0 Å².